The van der Waals surface area contributed by atoms with Gasteiger partial charge in [-0.2, -0.15) is 0 Å². The number of halogens is 2. The Morgan fingerprint density at radius 2 is 1.87 bits per heavy atom. The number of hydroxylamine groups is 2. The van der Waals surface area contributed by atoms with Gasteiger partial charge in [0.1, 0.15) is 11.9 Å². The van der Waals surface area contributed by atoms with E-state index in [2.05, 4.69) is 31.9 Å². The topological polar surface area (TPSA) is 49.1 Å². The molecule has 0 saturated carbocycles. The molecule has 0 aliphatic carbocycles. The summed E-state index contributed by atoms with van der Waals surface area (Å²) in [4.78, 5) is 0. The number of nitrogens with zero attached hydrogens (tertiary/aromatic N) is 1. The van der Waals surface area contributed by atoms with Crippen LogP contribution >= 0.6 is 31.9 Å². The van der Waals surface area contributed by atoms with E-state index in [0.717, 1.165) is 5.56 Å². The van der Waals surface area contributed by atoms with Crippen LogP contribution in [0.5, 0.6) is 0 Å². The van der Waals surface area contributed by atoms with E-state index < -0.39 is 8.00 Å². The van der Waals surface area contributed by atoms with Crippen molar-refractivity contribution in [2.45, 2.75) is 9.90 Å². The van der Waals surface area contributed by atoms with Crippen LogP contribution in [-0.2, 0) is 6.54 Å². The van der Waals surface area contributed by atoms with Gasteiger partial charge >= 0.3 is 0 Å². The SMILES string of the molecule is NCc1ccc([N+]2([O-])C=CC2(Br)Br)cc1. The smallest absolute Gasteiger partial charge is 0.241 e. The highest BCUT2D eigenvalue weighted by molar-refractivity contribution is 9.25. The predicted octanol–water partition coefficient (Wildman–Crippen LogP) is 2.92. The van der Waals surface area contributed by atoms with Crippen molar-refractivity contribution in [2.75, 3.05) is 0 Å². The lowest BCUT2D eigenvalue weighted by Gasteiger charge is -2.51. The minimum Gasteiger partial charge on any atom is -0.620 e. The zero-order valence-electron chi connectivity index (χ0n) is 7.86. The molecule has 1 aromatic carbocycles. The van der Waals surface area contributed by atoms with E-state index in [0.29, 0.717) is 12.2 Å². The first-order valence-corrected chi connectivity index (χ1v) is 6.06. The van der Waals surface area contributed by atoms with E-state index in [1.54, 1.807) is 24.4 Å². The molecule has 0 spiro atoms. The average molecular weight is 334 g/mol. The predicted molar refractivity (Wildman–Crippen MR) is 69.2 cm³/mol. The summed E-state index contributed by atoms with van der Waals surface area (Å²) in [6.45, 7) is 0.489. The molecule has 5 heteroatoms. The fourth-order valence-corrected chi connectivity index (χ4v) is 2.32. The summed E-state index contributed by atoms with van der Waals surface area (Å²) >= 11 is 6.65. The second-order valence-corrected chi connectivity index (χ2v) is 6.91. The first-order chi connectivity index (χ1) is 6.99. The van der Waals surface area contributed by atoms with Crippen LogP contribution in [-0.4, -0.2) is 3.36 Å². The molecule has 0 radical (unpaired) electrons. The first-order valence-electron chi connectivity index (χ1n) is 4.47. The minimum atomic E-state index is -0.732. The van der Waals surface area contributed by atoms with E-state index in [4.69, 9.17) is 5.73 Å². The molecule has 3 nitrogen and oxygen atoms in total. The van der Waals surface area contributed by atoms with E-state index >= 15 is 0 Å². The molecule has 80 valence electrons. The van der Waals surface area contributed by atoms with Crippen molar-refractivity contribution in [3.05, 3.63) is 47.3 Å². The molecule has 0 amide bonds. The Labute approximate surface area is 105 Å². The number of nitrogens with two attached hydrogens (primary N) is 1. The summed E-state index contributed by atoms with van der Waals surface area (Å²) in [7, 11) is 0. The third kappa shape index (κ3) is 1.68. The maximum atomic E-state index is 12.3. The van der Waals surface area contributed by atoms with E-state index in [1.165, 1.54) is 0 Å². The Morgan fingerprint density at radius 3 is 2.20 bits per heavy atom. The lowest BCUT2D eigenvalue weighted by Crippen LogP contribution is -2.56. The van der Waals surface area contributed by atoms with Gasteiger partial charge in [0.15, 0.2) is 0 Å². The number of hydrogen-bond acceptors (Lipinski definition) is 2. The summed E-state index contributed by atoms with van der Waals surface area (Å²) in [5.74, 6) is 0. The Balaban J connectivity index is 2.35. The molecule has 1 unspecified atom stereocenters. The third-order valence-corrected chi connectivity index (χ3v) is 4.07. The van der Waals surface area contributed by atoms with Crippen molar-refractivity contribution in [1.29, 1.82) is 0 Å². The highest BCUT2D eigenvalue weighted by Gasteiger charge is 2.47. The Hall–Kier alpha value is -0.200. The molecule has 0 fully saturated rings. The normalized spacial score (nSPS) is 27.5. The van der Waals surface area contributed by atoms with Crippen LogP contribution < -0.4 is 10.4 Å². The van der Waals surface area contributed by atoms with Crippen LogP contribution in [0.2, 0.25) is 0 Å². The summed E-state index contributed by atoms with van der Waals surface area (Å²) < 4.78 is -1.28. The van der Waals surface area contributed by atoms with Crippen molar-refractivity contribution < 1.29 is 0 Å². The molecule has 1 atom stereocenters. The van der Waals surface area contributed by atoms with Crippen LogP contribution in [0, 0.1) is 5.21 Å². The van der Waals surface area contributed by atoms with Crippen LogP contribution in [0.15, 0.2) is 36.5 Å². The van der Waals surface area contributed by atoms with Crippen molar-refractivity contribution >= 4 is 37.5 Å². The molecule has 2 N–H and O–H groups in total. The van der Waals surface area contributed by atoms with Crippen LogP contribution in [0.1, 0.15) is 5.56 Å². The molecule has 0 saturated heterocycles. The fraction of sp³-hybridized carbons (Fsp3) is 0.200. The Kier molecular flexibility index (Phi) is 2.77. The van der Waals surface area contributed by atoms with E-state index in [9.17, 15) is 5.21 Å². The van der Waals surface area contributed by atoms with Gasteiger partial charge in [0.05, 0.1) is 6.08 Å². The van der Waals surface area contributed by atoms with E-state index in [1.807, 2.05) is 12.1 Å². The molecule has 0 bridgehead atoms. The van der Waals surface area contributed by atoms with Crippen molar-refractivity contribution in [1.82, 2.24) is 4.65 Å². The maximum absolute atomic E-state index is 12.3. The van der Waals surface area contributed by atoms with Gasteiger partial charge in [0.25, 0.3) is 0 Å². The largest absolute Gasteiger partial charge is 0.620 e. The molecule has 1 aliphatic heterocycles. The van der Waals surface area contributed by atoms with Gasteiger partial charge < -0.3 is 10.9 Å². The van der Waals surface area contributed by atoms with Crippen molar-refractivity contribution in [3.8, 4) is 0 Å². The quantitative estimate of drug-likeness (QED) is 0.391. The Morgan fingerprint density at radius 1 is 1.27 bits per heavy atom. The van der Waals surface area contributed by atoms with Gasteiger partial charge in [0, 0.05) is 50.5 Å². The molecular formula is C10H10Br2N2O. The molecular weight excluding hydrogens is 324 g/mol. The summed E-state index contributed by atoms with van der Waals surface area (Å²) in [6, 6.07) is 7.34. The van der Waals surface area contributed by atoms with Crippen molar-refractivity contribution in [2.24, 2.45) is 5.73 Å². The second kappa shape index (κ2) is 3.68. The first kappa shape index (κ1) is 11.3. The van der Waals surface area contributed by atoms with E-state index in [-0.39, 0.29) is 0 Å². The summed E-state index contributed by atoms with van der Waals surface area (Å²) in [6.07, 6.45) is 3.36. The lowest BCUT2D eigenvalue weighted by molar-refractivity contribution is 0.445. The number of quaternary nitrogens is 1. The van der Waals surface area contributed by atoms with Gasteiger partial charge in [-0.05, 0) is 5.56 Å². The zero-order valence-corrected chi connectivity index (χ0v) is 11.0. The van der Waals surface area contributed by atoms with Gasteiger partial charge in [-0.15, -0.1) is 0 Å². The number of rotatable bonds is 2. The maximum Gasteiger partial charge on any atom is 0.241 e. The standard InChI is InChI=1S/C10H10Br2N2O/c11-10(12)5-6-14(10,15)9-3-1-8(7-13)2-4-9/h1-6H,7,13H2. The number of benzene rings is 1. The van der Waals surface area contributed by atoms with Crippen LogP contribution in [0.4, 0.5) is 5.69 Å². The monoisotopic (exact) mass is 332 g/mol. The second-order valence-electron chi connectivity index (χ2n) is 3.43. The van der Waals surface area contributed by atoms with Gasteiger partial charge in [-0.1, -0.05) is 12.1 Å². The summed E-state index contributed by atoms with van der Waals surface area (Å²) in [5, 5.41) is 12.3. The van der Waals surface area contributed by atoms with Crippen LogP contribution in [0.25, 0.3) is 0 Å². The molecule has 1 heterocycles. The highest BCUT2D eigenvalue weighted by Crippen LogP contribution is 2.49. The van der Waals surface area contributed by atoms with Gasteiger partial charge in [-0.25, -0.2) is 0 Å². The number of alkyl halides is 2. The van der Waals surface area contributed by atoms with Gasteiger partial charge in [-0.3, -0.25) is 4.65 Å². The molecule has 15 heavy (non-hydrogen) atoms. The molecule has 1 aromatic rings. The van der Waals surface area contributed by atoms with Crippen molar-refractivity contribution in [3.63, 3.8) is 0 Å². The molecule has 2 rings (SSSR count). The average Bonchev–Trinajstić information content (AvgIpc) is 2.26. The minimum absolute atomic E-state index is 0.489. The Bertz CT molecular complexity index is 402. The molecule has 1 aliphatic rings. The van der Waals surface area contributed by atoms with Gasteiger partial charge in [0.2, 0.25) is 3.36 Å². The zero-order chi connectivity index (χ0) is 11.1. The number of hydrogen-bond donors (Lipinski definition) is 1. The highest BCUT2D eigenvalue weighted by atomic mass is 79.9. The van der Waals surface area contributed by atoms with Crippen LogP contribution in [0.3, 0.4) is 0 Å². The third-order valence-electron chi connectivity index (χ3n) is 2.48. The fourth-order valence-electron chi connectivity index (χ4n) is 1.43. The lowest BCUT2D eigenvalue weighted by atomic mass is 10.1. The summed E-state index contributed by atoms with van der Waals surface area (Å²) in [5.41, 5.74) is 7.18. The molecule has 0 aromatic heterocycles.